The van der Waals surface area contributed by atoms with Crippen LogP contribution in [0.25, 0.3) is 0 Å². The number of ether oxygens (including phenoxy) is 4. The fraction of sp³-hybridized carbons (Fsp3) is 0.818. The summed E-state index contributed by atoms with van der Waals surface area (Å²) < 4.78 is 21.6. The van der Waals surface area contributed by atoms with E-state index in [1.807, 2.05) is 0 Å². The van der Waals surface area contributed by atoms with E-state index in [1.54, 1.807) is 0 Å². The van der Waals surface area contributed by atoms with Crippen molar-refractivity contribution in [3.8, 4) is 11.8 Å². The number of alkyl carbamates (subject to hydrolysis) is 1. The monoisotopic (exact) mass is 455 g/mol. The third-order valence-corrected chi connectivity index (χ3v) is 5.57. The molecule has 1 saturated carbocycles. The molecular weight excluding hydrogens is 418 g/mol. The zero-order valence-electron chi connectivity index (χ0n) is 18.8. The van der Waals surface area contributed by atoms with Gasteiger partial charge in [0.25, 0.3) is 0 Å². The lowest BCUT2D eigenvalue weighted by atomic mass is 10.1. The molecule has 0 aromatic rings. The van der Waals surface area contributed by atoms with E-state index in [0.717, 1.165) is 32.1 Å². The summed E-state index contributed by atoms with van der Waals surface area (Å²) in [6.07, 6.45) is 4.58. The van der Waals surface area contributed by atoms with Crippen molar-refractivity contribution in [2.45, 2.75) is 38.5 Å². The number of carbonyl (C=O) groups is 2. The maximum atomic E-state index is 11.8. The molecule has 0 spiro atoms. The summed E-state index contributed by atoms with van der Waals surface area (Å²) >= 11 is 0. The minimum absolute atomic E-state index is 0.348. The molecule has 2 aliphatic rings. The molecule has 0 heterocycles. The highest BCUT2D eigenvalue weighted by Crippen LogP contribution is 2.52. The van der Waals surface area contributed by atoms with Gasteiger partial charge in [-0.25, -0.2) is 9.59 Å². The van der Waals surface area contributed by atoms with Crippen molar-refractivity contribution in [2.75, 3.05) is 59.3 Å². The van der Waals surface area contributed by atoms with Crippen LogP contribution in [-0.4, -0.2) is 71.5 Å². The molecule has 2 atom stereocenters. The zero-order valence-corrected chi connectivity index (χ0v) is 18.8. The molecule has 1 fully saturated rings. The number of nitrogens with two attached hydrogens (primary N) is 1. The summed E-state index contributed by atoms with van der Waals surface area (Å²) in [7, 11) is 0. The number of amides is 2. The minimum Gasteiger partial charge on any atom is -0.449 e. The predicted molar refractivity (Wildman–Crippen MR) is 116 cm³/mol. The molecule has 10 heteroatoms. The summed E-state index contributed by atoms with van der Waals surface area (Å²) in [5.74, 6) is 13.0. The van der Waals surface area contributed by atoms with Crippen molar-refractivity contribution in [1.82, 2.24) is 10.6 Å². The topological polar surface area (TPSA) is 130 Å². The molecule has 10 nitrogen and oxygen atoms in total. The third-order valence-electron chi connectivity index (χ3n) is 5.57. The fourth-order valence-electron chi connectivity index (χ4n) is 3.82. The lowest BCUT2D eigenvalue weighted by Gasteiger charge is -2.08. The Hall–Kier alpha value is -2.06. The molecule has 0 radical (unpaired) electrons. The number of fused-ring (bicyclic) bond motifs is 1. The van der Waals surface area contributed by atoms with Crippen molar-refractivity contribution in [2.24, 2.45) is 23.7 Å². The predicted octanol–water partition coefficient (Wildman–Crippen LogP) is 1.58. The molecular formula is C22H37N3O7. The first-order valence-electron chi connectivity index (χ1n) is 11.5. The Morgan fingerprint density at radius 3 is 1.81 bits per heavy atom. The highest BCUT2D eigenvalue weighted by Gasteiger charge is 2.49. The second-order valence-electron chi connectivity index (χ2n) is 7.82. The van der Waals surface area contributed by atoms with Crippen LogP contribution in [0.15, 0.2) is 0 Å². The number of hydrogen-bond acceptors (Lipinski definition) is 8. The lowest BCUT2D eigenvalue weighted by molar-refractivity contribution is 0.0138. The molecule has 2 unspecified atom stereocenters. The van der Waals surface area contributed by atoms with Gasteiger partial charge in [0.2, 0.25) is 0 Å². The highest BCUT2D eigenvalue weighted by atomic mass is 16.7. The Bertz CT molecular complexity index is 590. The second-order valence-corrected chi connectivity index (χ2v) is 7.82. The second kappa shape index (κ2) is 16.6. The van der Waals surface area contributed by atoms with Crippen molar-refractivity contribution >= 4 is 12.2 Å². The average Bonchev–Trinajstić information content (AvgIpc) is 3.43. The normalized spacial score (nSPS) is 21.2. The number of hydrogen-bond donors (Lipinski definition) is 3. The quantitative estimate of drug-likeness (QED) is 0.182. The van der Waals surface area contributed by atoms with Gasteiger partial charge in [-0.3, -0.25) is 0 Å². The van der Waals surface area contributed by atoms with E-state index in [4.69, 9.17) is 24.8 Å². The van der Waals surface area contributed by atoms with E-state index < -0.39 is 6.09 Å². The maximum absolute atomic E-state index is 11.8. The zero-order chi connectivity index (χ0) is 22.9. The summed E-state index contributed by atoms with van der Waals surface area (Å²) in [4.78, 5) is 26.5. The largest absolute Gasteiger partial charge is 0.449 e. The summed E-state index contributed by atoms with van der Waals surface area (Å²) in [6.45, 7) is 4.46. The average molecular weight is 456 g/mol. The molecule has 0 aromatic carbocycles. The van der Waals surface area contributed by atoms with Gasteiger partial charge in [0.15, 0.2) is 0 Å². The minimum atomic E-state index is -0.656. The Labute approximate surface area is 190 Å². The van der Waals surface area contributed by atoms with E-state index in [0.29, 0.717) is 83.5 Å². The standard InChI is InChI=1S/C22H37N3O7/c23-32-22(27)25-10-6-12-29-14-16-30-15-13-28-11-5-9-24-21(26)31-17-20-18-7-3-1-2-4-8-19(18)20/h18-20H,3-17,23H2,(H,24,26)(H,25,27). The Kier molecular flexibility index (Phi) is 13.6. The maximum Gasteiger partial charge on any atom is 0.425 e. The summed E-state index contributed by atoms with van der Waals surface area (Å²) in [6, 6.07) is 0. The van der Waals surface area contributed by atoms with Crippen molar-refractivity contribution in [1.29, 1.82) is 0 Å². The van der Waals surface area contributed by atoms with E-state index in [1.165, 1.54) is 0 Å². The Morgan fingerprint density at radius 2 is 1.28 bits per heavy atom. The van der Waals surface area contributed by atoms with Gasteiger partial charge < -0.3 is 34.4 Å². The number of carbonyl (C=O) groups excluding carboxylic acids is 2. The van der Waals surface area contributed by atoms with E-state index >= 15 is 0 Å². The van der Waals surface area contributed by atoms with Crippen LogP contribution >= 0.6 is 0 Å². The van der Waals surface area contributed by atoms with Gasteiger partial charge in [0.1, 0.15) is 0 Å². The van der Waals surface area contributed by atoms with Gasteiger partial charge in [0.05, 0.1) is 33.0 Å². The van der Waals surface area contributed by atoms with Crippen LogP contribution in [-0.2, 0) is 23.8 Å². The van der Waals surface area contributed by atoms with E-state index in [9.17, 15) is 9.59 Å². The first-order valence-corrected chi connectivity index (χ1v) is 11.5. The molecule has 32 heavy (non-hydrogen) atoms. The molecule has 0 aliphatic heterocycles. The lowest BCUT2D eigenvalue weighted by Crippen LogP contribution is -2.28. The van der Waals surface area contributed by atoms with Crippen LogP contribution in [0.2, 0.25) is 0 Å². The Balaban J connectivity index is 1.28. The first kappa shape index (κ1) is 26.2. The fourth-order valence-corrected chi connectivity index (χ4v) is 3.82. The van der Waals surface area contributed by atoms with Crippen molar-refractivity contribution in [3.63, 3.8) is 0 Å². The summed E-state index contributed by atoms with van der Waals surface area (Å²) in [5.41, 5.74) is 0. The van der Waals surface area contributed by atoms with Gasteiger partial charge >= 0.3 is 12.2 Å². The van der Waals surface area contributed by atoms with Gasteiger partial charge in [0, 0.05) is 39.1 Å². The highest BCUT2D eigenvalue weighted by molar-refractivity contribution is 5.67. The molecule has 2 amide bonds. The number of nitrogens with one attached hydrogen (secondary N) is 2. The van der Waals surface area contributed by atoms with Crippen LogP contribution in [0.4, 0.5) is 9.59 Å². The van der Waals surface area contributed by atoms with Gasteiger partial charge in [-0.2, -0.15) is 5.90 Å². The summed E-state index contributed by atoms with van der Waals surface area (Å²) in [5, 5.41) is 5.23. The van der Waals surface area contributed by atoms with Gasteiger partial charge in [-0.05, 0) is 43.4 Å². The van der Waals surface area contributed by atoms with Crippen molar-refractivity contribution < 1.29 is 33.4 Å². The third kappa shape index (κ3) is 11.5. The van der Waals surface area contributed by atoms with Crippen molar-refractivity contribution in [3.05, 3.63) is 0 Å². The van der Waals surface area contributed by atoms with Crippen LogP contribution in [0, 0.1) is 29.6 Å². The first-order chi connectivity index (χ1) is 15.7. The van der Waals surface area contributed by atoms with Gasteiger partial charge in [-0.15, -0.1) is 11.8 Å². The van der Waals surface area contributed by atoms with E-state index in [2.05, 4.69) is 27.3 Å². The smallest absolute Gasteiger partial charge is 0.425 e. The van der Waals surface area contributed by atoms with E-state index in [-0.39, 0.29) is 6.09 Å². The SMILES string of the molecule is NOC(=O)NCCCOCCOCCOCCCNC(=O)OCC1C2CCC#CCCC21. The molecule has 2 aliphatic carbocycles. The van der Waals surface area contributed by atoms with Crippen LogP contribution < -0.4 is 16.5 Å². The van der Waals surface area contributed by atoms with Crippen LogP contribution in [0.3, 0.4) is 0 Å². The molecule has 0 aromatic heterocycles. The number of rotatable bonds is 16. The molecule has 182 valence electrons. The molecule has 4 N–H and O–H groups in total. The van der Waals surface area contributed by atoms with Crippen LogP contribution in [0.5, 0.6) is 0 Å². The Morgan fingerprint density at radius 1 is 0.781 bits per heavy atom. The molecule has 2 rings (SSSR count). The van der Waals surface area contributed by atoms with Gasteiger partial charge in [-0.1, -0.05) is 0 Å². The molecule has 0 saturated heterocycles. The molecule has 0 bridgehead atoms. The van der Waals surface area contributed by atoms with Crippen LogP contribution in [0.1, 0.15) is 38.5 Å².